The van der Waals surface area contributed by atoms with Gasteiger partial charge in [-0.25, -0.2) is 4.79 Å². The quantitative estimate of drug-likeness (QED) is 0.447. The minimum absolute atomic E-state index is 0.342. The Bertz CT molecular complexity index is 650. The van der Waals surface area contributed by atoms with Crippen molar-refractivity contribution in [2.45, 2.75) is 18.4 Å². The molecule has 0 amide bonds. The summed E-state index contributed by atoms with van der Waals surface area (Å²) in [6.45, 7) is 2.23. The number of allylic oxidation sites excluding steroid dienone is 1. The molecule has 0 aliphatic heterocycles. The van der Waals surface area contributed by atoms with E-state index in [0.29, 0.717) is 12.2 Å². The normalized spacial score (nSPS) is 11.3. The molecule has 0 radical (unpaired) electrons. The number of ether oxygens (including phenoxy) is 1. The third-order valence-electron chi connectivity index (χ3n) is 3.11. The smallest absolute Gasteiger partial charge is 0.338 e. The lowest BCUT2D eigenvalue weighted by Crippen LogP contribution is -2.06. The average molecular weight is 314 g/mol. The summed E-state index contributed by atoms with van der Waals surface area (Å²) in [5.41, 5.74) is 2.33. The van der Waals surface area contributed by atoms with E-state index in [1.165, 1.54) is 19.2 Å². The van der Waals surface area contributed by atoms with Crippen molar-refractivity contribution in [1.29, 1.82) is 0 Å². The van der Waals surface area contributed by atoms with Crippen molar-refractivity contribution in [3.05, 3.63) is 71.8 Å². The first kappa shape index (κ1) is 16.3. The highest BCUT2D eigenvalue weighted by Crippen LogP contribution is 2.25. The second kappa shape index (κ2) is 8.41. The lowest BCUT2D eigenvalue weighted by Gasteiger charge is -2.11. The van der Waals surface area contributed by atoms with Gasteiger partial charge in [0, 0.05) is 16.9 Å². The summed E-state index contributed by atoms with van der Waals surface area (Å²) in [5, 5.41) is 0. The first-order valence-electron chi connectivity index (χ1n) is 6.93. The molecule has 0 spiro atoms. The minimum atomic E-state index is -0.342. The van der Waals surface area contributed by atoms with Gasteiger partial charge in [-0.05, 0) is 30.2 Å². The van der Waals surface area contributed by atoms with Gasteiger partial charge in [0.25, 0.3) is 0 Å². The van der Waals surface area contributed by atoms with Gasteiger partial charge in [-0.3, -0.25) is 0 Å². The molecule has 0 aliphatic carbocycles. The van der Waals surface area contributed by atoms with Crippen molar-refractivity contribution in [3.8, 4) is 0 Å². The van der Waals surface area contributed by atoms with Crippen LogP contribution in [0.3, 0.4) is 0 Å². The Hall–Kier alpha value is -2.04. The van der Waals surface area contributed by atoms with E-state index in [0.717, 1.165) is 16.0 Å². The van der Waals surface area contributed by atoms with Gasteiger partial charge >= 0.3 is 5.97 Å². The zero-order chi connectivity index (χ0) is 15.8. The number of carbonyl (C=O) groups excluding carboxylic acids is 1. The maximum Gasteiger partial charge on any atom is 0.338 e. The molecule has 0 aliphatic rings. The highest BCUT2D eigenvalue weighted by atomic mass is 32.2. The fraction of sp³-hybridized carbons (Fsp3) is 0.167. The molecule has 0 fully saturated rings. The van der Waals surface area contributed by atoms with E-state index in [1.807, 2.05) is 61.5 Å². The van der Waals surface area contributed by atoms with Crippen molar-refractivity contribution in [2.24, 2.45) is 0 Å². The highest BCUT2D eigenvalue weighted by molar-refractivity contribution is 7.94. The zero-order valence-electron chi connectivity index (χ0n) is 12.6. The molecule has 0 bridgehead atoms. The van der Waals surface area contributed by atoms with Crippen LogP contribution in [-0.4, -0.2) is 13.1 Å². The Labute approximate surface area is 135 Å². The maximum atomic E-state index is 11.9. The van der Waals surface area contributed by atoms with Crippen LogP contribution in [0.2, 0.25) is 0 Å². The van der Waals surface area contributed by atoms with Gasteiger partial charge in [-0.1, -0.05) is 48.5 Å². The molecule has 2 aromatic carbocycles. The first-order chi connectivity index (χ1) is 10.8. The number of methoxy groups -OCH3 is 1. The molecule has 0 aromatic heterocycles. The molecule has 0 unspecified atom stereocenters. The summed E-state index contributed by atoms with van der Waals surface area (Å²) >= 11 is 1.32. The van der Waals surface area contributed by atoms with E-state index in [2.05, 4.69) is 0 Å². The van der Waals surface area contributed by atoms with Crippen LogP contribution in [0.15, 0.2) is 65.6 Å². The number of hydrogen-bond donors (Lipinski definition) is 0. The zero-order valence-corrected chi connectivity index (χ0v) is 13.4. The molecule has 2 rings (SSSR count). The van der Waals surface area contributed by atoms with Crippen LogP contribution in [0.5, 0.6) is 0 Å². The summed E-state index contributed by atoms with van der Waals surface area (Å²) in [5.74, 6) is -0.342. The SMILES string of the molecule is CC=C(C(=O)OC)c1ccccc1COSc1ccccc1. The van der Waals surface area contributed by atoms with E-state index in [4.69, 9.17) is 8.92 Å². The predicted octanol–water partition coefficient (Wildman–Crippen LogP) is 4.49. The second-order valence-electron chi connectivity index (χ2n) is 4.51. The standard InChI is InChI=1S/C18H18O3S/c1-3-16(18(19)20-2)17-12-8-7-9-14(17)13-21-22-15-10-5-4-6-11-15/h3-12H,13H2,1-2H3. The van der Waals surface area contributed by atoms with Crippen LogP contribution in [0, 0.1) is 0 Å². The van der Waals surface area contributed by atoms with Crippen LogP contribution in [0.4, 0.5) is 0 Å². The molecular formula is C18H18O3S. The van der Waals surface area contributed by atoms with Crippen molar-refractivity contribution in [3.63, 3.8) is 0 Å². The Morgan fingerprint density at radius 3 is 2.45 bits per heavy atom. The molecule has 3 nitrogen and oxygen atoms in total. The molecule has 4 heteroatoms. The van der Waals surface area contributed by atoms with E-state index in [-0.39, 0.29) is 5.97 Å². The monoisotopic (exact) mass is 314 g/mol. The van der Waals surface area contributed by atoms with Gasteiger partial charge < -0.3 is 8.92 Å². The average Bonchev–Trinajstić information content (AvgIpc) is 2.57. The molecule has 0 heterocycles. The largest absolute Gasteiger partial charge is 0.465 e. The Morgan fingerprint density at radius 1 is 1.09 bits per heavy atom. The molecule has 0 N–H and O–H groups in total. The fourth-order valence-corrected chi connectivity index (χ4v) is 2.63. The Morgan fingerprint density at radius 2 is 1.77 bits per heavy atom. The molecular weight excluding hydrogens is 296 g/mol. The number of benzene rings is 2. The van der Waals surface area contributed by atoms with E-state index in [9.17, 15) is 4.79 Å². The van der Waals surface area contributed by atoms with Gasteiger partial charge in [0.2, 0.25) is 0 Å². The molecule has 22 heavy (non-hydrogen) atoms. The number of hydrogen-bond acceptors (Lipinski definition) is 4. The summed E-state index contributed by atoms with van der Waals surface area (Å²) < 4.78 is 10.5. The van der Waals surface area contributed by atoms with Crippen molar-refractivity contribution >= 4 is 23.6 Å². The maximum absolute atomic E-state index is 11.9. The Balaban J connectivity index is 2.10. The summed E-state index contributed by atoms with van der Waals surface area (Å²) in [6, 6.07) is 17.6. The summed E-state index contributed by atoms with van der Waals surface area (Å²) in [7, 11) is 1.39. The number of carbonyl (C=O) groups is 1. The number of rotatable bonds is 6. The third-order valence-corrected chi connectivity index (χ3v) is 3.81. The van der Waals surface area contributed by atoms with Gasteiger partial charge in [-0.15, -0.1) is 0 Å². The molecule has 0 atom stereocenters. The lowest BCUT2D eigenvalue weighted by molar-refractivity contribution is -0.133. The van der Waals surface area contributed by atoms with Gasteiger partial charge in [0.05, 0.1) is 19.3 Å². The summed E-state index contributed by atoms with van der Waals surface area (Å²) in [6.07, 6.45) is 1.76. The lowest BCUT2D eigenvalue weighted by atomic mass is 10.00. The van der Waals surface area contributed by atoms with Crippen LogP contribution in [0.25, 0.3) is 5.57 Å². The minimum Gasteiger partial charge on any atom is -0.465 e. The molecule has 114 valence electrons. The van der Waals surface area contributed by atoms with Gasteiger partial charge in [-0.2, -0.15) is 0 Å². The van der Waals surface area contributed by atoms with E-state index in [1.54, 1.807) is 6.08 Å². The van der Waals surface area contributed by atoms with Gasteiger partial charge in [0.1, 0.15) is 0 Å². The van der Waals surface area contributed by atoms with Gasteiger partial charge in [0.15, 0.2) is 0 Å². The van der Waals surface area contributed by atoms with Crippen LogP contribution < -0.4 is 0 Å². The molecule has 2 aromatic rings. The fourth-order valence-electron chi connectivity index (χ4n) is 2.04. The van der Waals surface area contributed by atoms with E-state index >= 15 is 0 Å². The second-order valence-corrected chi connectivity index (χ2v) is 5.38. The highest BCUT2D eigenvalue weighted by Gasteiger charge is 2.14. The van der Waals surface area contributed by atoms with Crippen molar-refractivity contribution in [1.82, 2.24) is 0 Å². The first-order valence-corrected chi connectivity index (χ1v) is 7.68. The van der Waals surface area contributed by atoms with Crippen LogP contribution >= 0.6 is 12.0 Å². The third kappa shape index (κ3) is 4.23. The molecule has 0 saturated heterocycles. The predicted molar refractivity (Wildman–Crippen MR) is 89.2 cm³/mol. The molecule has 0 saturated carbocycles. The summed E-state index contributed by atoms with van der Waals surface area (Å²) in [4.78, 5) is 12.9. The van der Waals surface area contributed by atoms with Crippen molar-refractivity contribution in [2.75, 3.05) is 7.11 Å². The topological polar surface area (TPSA) is 35.5 Å². The van der Waals surface area contributed by atoms with Crippen molar-refractivity contribution < 1.29 is 13.7 Å². The van der Waals surface area contributed by atoms with Crippen LogP contribution in [-0.2, 0) is 20.3 Å². The van der Waals surface area contributed by atoms with E-state index < -0.39 is 0 Å². The number of esters is 1. The van der Waals surface area contributed by atoms with Crippen LogP contribution in [0.1, 0.15) is 18.1 Å². The Kier molecular flexibility index (Phi) is 6.25.